The fourth-order valence-corrected chi connectivity index (χ4v) is 1.86. The standard InChI is InChI=1S/C12H17N3O2/c1-7(16)6-14-11-4-8-2-3-12(17)15-10(8)5-9(11)13/h4-5,7,14,16H,2-3,6,13H2,1H3,(H,15,17). The van der Waals surface area contributed by atoms with E-state index in [9.17, 15) is 9.90 Å². The van der Waals surface area contributed by atoms with E-state index in [4.69, 9.17) is 5.73 Å². The molecule has 0 radical (unpaired) electrons. The number of aliphatic hydroxyl groups excluding tert-OH is 1. The summed E-state index contributed by atoms with van der Waals surface area (Å²) in [7, 11) is 0. The maximum absolute atomic E-state index is 11.2. The third-order valence-corrected chi connectivity index (χ3v) is 2.76. The fourth-order valence-electron chi connectivity index (χ4n) is 1.86. The Bertz CT molecular complexity index is 444. The summed E-state index contributed by atoms with van der Waals surface area (Å²) in [5, 5.41) is 15.1. The molecule has 1 amide bonds. The average Bonchev–Trinajstić information content (AvgIpc) is 2.26. The van der Waals surface area contributed by atoms with Crippen molar-refractivity contribution in [3.05, 3.63) is 17.7 Å². The van der Waals surface area contributed by atoms with E-state index in [0.29, 0.717) is 18.7 Å². The monoisotopic (exact) mass is 235 g/mol. The lowest BCUT2D eigenvalue weighted by Gasteiger charge is -2.20. The minimum atomic E-state index is -0.426. The van der Waals surface area contributed by atoms with Gasteiger partial charge in [0.15, 0.2) is 0 Å². The Morgan fingerprint density at radius 1 is 1.53 bits per heavy atom. The summed E-state index contributed by atoms with van der Waals surface area (Å²) in [4.78, 5) is 11.2. The molecule has 5 heteroatoms. The molecule has 1 atom stereocenters. The van der Waals surface area contributed by atoms with Gasteiger partial charge in [0, 0.05) is 18.7 Å². The van der Waals surface area contributed by atoms with Crippen LogP contribution in [0, 0.1) is 0 Å². The van der Waals surface area contributed by atoms with Crippen molar-refractivity contribution in [2.75, 3.05) is 22.9 Å². The van der Waals surface area contributed by atoms with Crippen molar-refractivity contribution in [1.29, 1.82) is 0 Å². The van der Waals surface area contributed by atoms with Crippen LogP contribution in [-0.4, -0.2) is 23.7 Å². The first-order valence-corrected chi connectivity index (χ1v) is 5.70. The zero-order valence-electron chi connectivity index (χ0n) is 9.79. The summed E-state index contributed by atoms with van der Waals surface area (Å²) in [5.74, 6) is 0.0292. The first-order valence-electron chi connectivity index (χ1n) is 5.70. The van der Waals surface area contributed by atoms with Gasteiger partial charge in [-0.1, -0.05) is 0 Å². The van der Waals surface area contributed by atoms with E-state index in [1.54, 1.807) is 13.0 Å². The van der Waals surface area contributed by atoms with Gasteiger partial charge in [-0.25, -0.2) is 0 Å². The van der Waals surface area contributed by atoms with Crippen molar-refractivity contribution in [3.63, 3.8) is 0 Å². The van der Waals surface area contributed by atoms with Gasteiger partial charge in [0.25, 0.3) is 0 Å². The number of carbonyl (C=O) groups is 1. The van der Waals surface area contributed by atoms with Crippen LogP contribution in [0.15, 0.2) is 12.1 Å². The number of aryl methyl sites for hydroxylation is 1. The largest absolute Gasteiger partial charge is 0.397 e. The highest BCUT2D eigenvalue weighted by Crippen LogP contribution is 2.30. The summed E-state index contributed by atoms with van der Waals surface area (Å²) in [6.45, 7) is 2.16. The lowest BCUT2D eigenvalue weighted by Crippen LogP contribution is -2.20. The van der Waals surface area contributed by atoms with Crippen molar-refractivity contribution >= 4 is 23.0 Å². The van der Waals surface area contributed by atoms with Gasteiger partial charge in [-0.2, -0.15) is 0 Å². The second kappa shape index (κ2) is 4.63. The number of hydrogen-bond acceptors (Lipinski definition) is 4. The van der Waals surface area contributed by atoms with Crippen LogP contribution < -0.4 is 16.4 Å². The number of nitrogens with two attached hydrogens (primary N) is 1. The maximum Gasteiger partial charge on any atom is 0.224 e. The third kappa shape index (κ3) is 2.68. The van der Waals surface area contributed by atoms with Crippen LogP contribution in [-0.2, 0) is 11.2 Å². The van der Waals surface area contributed by atoms with Crippen molar-refractivity contribution in [2.45, 2.75) is 25.9 Å². The molecule has 0 spiro atoms. The molecule has 0 saturated carbocycles. The molecule has 2 rings (SSSR count). The highest BCUT2D eigenvalue weighted by atomic mass is 16.3. The second-order valence-electron chi connectivity index (χ2n) is 4.37. The Morgan fingerprint density at radius 3 is 3.00 bits per heavy atom. The predicted octanol–water partition coefficient (Wildman–Crippen LogP) is 0.946. The number of rotatable bonds is 3. The maximum atomic E-state index is 11.2. The zero-order chi connectivity index (χ0) is 12.4. The van der Waals surface area contributed by atoms with Gasteiger partial charge in [0.1, 0.15) is 0 Å². The van der Waals surface area contributed by atoms with Gasteiger partial charge in [-0.3, -0.25) is 4.79 Å². The van der Waals surface area contributed by atoms with Gasteiger partial charge in [-0.15, -0.1) is 0 Å². The number of hydrogen-bond donors (Lipinski definition) is 4. The van der Waals surface area contributed by atoms with E-state index in [0.717, 1.165) is 23.4 Å². The minimum Gasteiger partial charge on any atom is -0.397 e. The summed E-state index contributed by atoms with van der Waals surface area (Å²) in [6.07, 6.45) is 0.808. The number of aliphatic hydroxyl groups is 1. The summed E-state index contributed by atoms with van der Waals surface area (Å²) < 4.78 is 0. The molecule has 0 saturated heterocycles. The topological polar surface area (TPSA) is 87.4 Å². The molecule has 17 heavy (non-hydrogen) atoms. The highest BCUT2D eigenvalue weighted by Gasteiger charge is 2.16. The van der Waals surface area contributed by atoms with Crippen molar-refractivity contribution < 1.29 is 9.90 Å². The van der Waals surface area contributed by atoms with Crippen LogP contribution >= 0.6 is 0 Å². The van der Waals surface area contributed by atoms with E-state index in [1.165, 1.54) is 0 Å². The Balaban J connectivity index is 2.22. The molecule has 0 bridgehead atoms. The lowest BCUT2D eigenvalue weighted by molar-refractivity contribution is -0.116. The molecule has 1 aromatic rings. The summed E-state index contributed by atoms with van der Waals surface area (Å²) >= 11 is 0. The molecule has 1 aliphatic heterocycles. The van der Waals surface area contributed by atoms with E-state index in [2.05, 4.69) is 10.6 Å². The van der Waals surface area contributed by atoms with E-state index >= 15 is 0 Å². The van der Waals surface area contributed by atoms with Crippen LogP contribution in [0.3, 0.4) is 0 Å². The van der Waals surface area contributed by atoms with E-state index in [1.807, 2.05) is 6.07 Å². The average molecular weight is 235 g/mol. The Kier molecular flexibility index (Phi) is 3.19. The summed E-state index contributed by atoms with van der Waals surface area (Å²) in [6, 6.07) is 3.70. The number of carbonyl (C=O) groups excluding carboxylic acids is 1. The Hall–Kier alpha value is -1.75. The lowest BCUT2D eigenvalue weighted by atomic mass is 10.0. The first kappa shape index (κ1) is 11.7. The van der Waals surface area contributed by atoms with Gasteiger partial charge in [0.2, 0.25) is 5.91 Å². The number of benzene rings is 1. The highest BCUT2D eigenvalue weighted by molar-refractivity contribution is 5.95. The van der Waals surface area contributed by atoms with Crippen LogP contribution in [0.25, 0.3) is 0 Å². The van der Waals surface area contributed by atoms with Crippen molar-refractivity contribution in [1.82, 2.24) is 0 Å². The van der Waals surface area contributed by atoms with Crippen molar-refractivity contribution in [2.24, 2.45) is 0 Å². The van der Waals surface area contributed by atoms with E-state index in [-0.39, 0.29) is 5.91 Å². The predicted molar refractivity (Wildman–Crippen MR) is 68.0 cm³/mol. The Morgan fingerprint density at radius 2 is 2.29 bits per heavy atom. The molecule has 1 unspecified atom stereocenters. The molecular weight excluding hydrogens is 218 g/mol. The SMILES string of the molecule is CC(O)CNc1cc2c(cc1N)NC(=O)CC2. The number of nitrogens with one attached hydrogen (secondary N) is 2. The second-order valence-corrected chi connectivity index (χ2v) is 4.37. The van der Waals surface area contributed by atoms with Crippen LogP contribution in [0.1, 0.15) is 18.9 Å². The van der Waals surface area contributed by atoms with Crippen LogP contribution in [0.4, 0.5) is 17.1 Å². The molecule has 0 aromatic heterocycles. The molecule has 92 valence electrons. The number of amides is 1. The molecule has 5 N–H and O–H groups in total. The first-order chi connectivity index (χ1) is 8.06. The van der Waals surface area contributed by atoms with Gasteiger partial charge >= 0.3 is 0 Å². The zero-order valence-corrected chi connectivity index (χ0v) is 9.79. The van der Waals surface area contributed by atoms with Gasteiger partial charge < -0.3 is 21.5 Å². The fraction of sp³-hybridized carbons (Fsp3) is 0.417. The quantitative estimate of drug-likeness (QED) is 0.587. The number of nitrogen functional groups attached to an aromatic ring is 1. The van der Waals surface area contributed by atoms with Gasteiger partial charge in [0.05, 0.1) is 17.5 Å². The van der Waals surface area contributed by atoms with E-state index < -0.39 is 6.10 Å². The number of fused-ring (bicyclic) bond motifs is 1. The Labute approximate surface area is 100 Å². The van der Waals surface area contributed by atoms with Crippen molar-refractivity contribution in [3.8, 4) is 0 Å². The molecule has 0 fully saturated rings. The van der Waals surface area contributed by atoms with Crippen LogP contribution in [0.5, 0.6) is 0 Å². The smallest absolute Gasteiger partial charge is 0.224 e. The molecule has 5 nitrogen and oxygen atoms in total. The molecule has 0 aliphatic carbocycles. The molecule has 1 aliphatic rings. The molecule has 1 aromatic carbocycles. The molecule has 1 heterocycles. The third-order valence-electron chi connectivity index (χ3n) is 2.76. The normalized spacial score (nSPS) is 16.0. The van der Waals surface area contributed by atoms with Gasteiger partial charge in [-0.05, 0) is 31.0 Å². The number of anilines is 3. The van der Waals surface area contributed by atoms with Crippen LogP contribution in [0.2, 0.25) is 0 Å². The summed E-state index contributed by atoms with van der Waals surface area (Å²) in [5.41, 5.74) is 9.13. The molecular formula is C12H17N3O2. The minimum absolute atomic E-state index is 0.0292.